The molecule has 1 N–H and O–H groups in total. The van der Waals surface area contributed by atoms with Crippen LogP contribution in [0, 0.1) is 6.92 Å². The zero-order chi connectivity index (χ0) is 20.1. The average molecular weight is 386 g/mol. The van der Waals surface area contributed by atoms with E-state index in [1.165, 1.54) is 0 Å². The number of aromatic nitrogens is 3. The van der Waals surface area contributed by atoms with Crippen LogP contribution in [0.5, 0.6) is 5.75 Å². The number of nitrogens with one attached hydrogen (secondary N) is 1. The van der Waals surface area contributed by atoms with Gasteiger partial charge < -0.3 is 10.1 Å². The first kappa shape index (κ1) is 18.7. The van der Waals surface area contributed by atoms with Crippen molar-refractivity contribution in [2.75, 3.05) is 13.2 Å². The lowest BCUT2D eigenvalue weighted by Gasteiger charge is -2.10. The van der Waals surface area contributed by atoms with Crippen LogP contribution in [-0.4, -0.2) is 33.8 Å². The molecule has 0 saturated heterocycles. The van der Waals surface area contributed by atoms with E-state index in [0.29, 0.717) is 25.1 Å². The Labute approximate surface area is 169 Å². The summed E-state index contributed by atoms with van der Waals surface area (Å²) in [6, 6.07) is 19.1. The van der Waals surface area contributed by atoms with E-state index in [0.717, 1.165) is 28.0 Å². The molecule has 146 valence electrons. The summed E-state index contributed by atoms with van der Waals surface area (Å²) >= 11 is 0. The minimum Gasteiger partial charge on any atom is -0.491 e. The van der Waals surface area contributed by atoms with Gasteiger partial charge in [0.05, 0.1) is 12.3 Å². The second kappa shape index (κ2) is 8.56. The van der Waals surface area contributed by atoms with Crippen molar-refractivity contribution in [1.82, 2.24) is 20.1 Å². The second-order valence-electron chi connectivity index (χ2n) is 6.72. The van der Waals surface area contributed by atoms with Crippen LogP contribution in [0.4, 0.5) is 0 Å². The molecule has 1 amide bonds. The van der Waals surface area contributed by atoms with Crippen LogP contribution in [0.15, 0.2) is 73.1 Å². The lowest BCUT2D eigenvalue weighted by Crippen LogP contribution is -2.25. The first-order valence-corrected chi connectivity index (χ1v) is 9.58. The maximum atomic E-state index is 12.3. The Morgan fingerprint density at radius 1 is 1.03 bits per heavy atom. The van der Waals surface area contributed by atoms with Crippen LogP contribution in [-0.2, 0) is 0 Å². The van der Waals surface area contributed by atoms with Gasteiger partial charge in [0.25, 0.3) is 5.91 Å². The normalized spacial score (nSPS) is 10.8. The van der Waals surface area contributed by atoms with E-state index in [-0.39, 0.29) is 5.91 Å². The van der Waals surface area contributed by atoms with Crippen molar-refractivity contribution in [2.24, 2.45) is 0 Å². The molecular weight excluding hydrogens is 364 g/mol. The fourth-order valence-electron chi connectivity index (χ4n) is 3.14. The largest absolute Gasteiger partial charge is 0.491 e. The number of ether oxygens (including phenoxy) is 1. The highest BCUT2D eigenvalue weighted by Gasteiger charge is 2.07. The highest BCUT2D eigenvalue weighted by molar-refractivity contribution is 5.94. The van der Waals surface area contributed by atoms with Crippen molar-refractivity contribution in [3.8, 4) is 11.4 Å². The Balaban J connectivity index is 1.26. The molecule has 0 unspecified atom stereocenters. The van der Waals surface area contributed by atoms with Gasteiger partial charge in [0, 0.05) is 35.6 Å². The number of benzene rings is 2. The van der Waals surface area contributed by atoms with Crippen LogP contribution in [0.2, 0.25) is 0 Å². The van der Waals surface area contributed by atoms with E-state index in [4.69, 9.17) is 4.74 Å². The average Bonchev–Trinajstić information content (AvgIpc) is 3.19. The Morgan fingerprint density at radius 2 is 1.86 bits per heavy atom. The molecule has 0 bridgehead atoms. The minimum absolute atomic E-state index is 0.0967. The number of aryl methyl sites for hydroxylation is 1. The molecule has 2 aromatic heterocycles. The van der Waals surface area contributed by atoms with Crippen LogP contribution < -0.4 is 10.1 Å². The van der Waals surface area contributed by atoms with Crippen LogP contribution in [0.25, 0.3) is 16.6 Å². The number of para-hydroxylation sites is 1. The van der Waals surface area contributed by atoms with E-state index in [9.17, 15) is 4.79 Å². The molecule has 6 heteroatoms. The fourth-order valence-corrected chi connectivity index (χ4v) is 3.14. The number of fused-ring (bicyclic) bond motifs is 1. The lowest BCUT2D eigenvalue weighted by molar-refractivity contribution is 0.0951. The third kappa shape index (κ3) is 4.27. The van der Waals surface area contributed by atoms with Crippen molar-refractivity contribution in [3.63, 3.8) is 0 Å². The van der Waals surface area contributed by atoms with Gasteiger partial charge in [-0.25, -0.2) is 4.68 Å². The maximum absolute atomic E-state index is 12.3. The van der Waals surface area contributed by atoms with E-state index >= 15 is 0 Å². The van der Waals surface area contributed by atoms with Gasteiger partial charge in [0.15, 0.2) is 0 Å². The van der Waals surface area contributed by atoms with Crippen molar-refractivity contribution in [1.29, 1.82) is 0 Å². The maximum Gasteiger partial charge on any atom is 0.251 e. The van der Waals surface area contributed by atoms with E-state index in [1.54, 1.807) is 12.4 Å². The summed E-state index contributed by atoms with van der Waals surface area (Å²) in [5, 5.41) is 8.25. The quantitative estimate of drug-likeness (QED) is 0.489. The summed E-state index contributed by atoms with van der Waals surface area (Å²) in [4.78, 5) is 16.7. The van der Waals surface area contributed by atoms with Crippen LogP contribution in [0.3, 0.4) is 0 Å². The molecular formula is C23H22N4O2. The highest BCUT2D eigenvalue weighted by Crippen LogP contribution is 2.22. The molecule has 29 heavy (non-hydrogen) atoms. The molecule has 0 atom stereocenters. The van der Waals surface area contributed by atoms with Crippen molar-refractivity contribution >= 4 is 16.8 Å². The summed E-state index contributed by atoms with van der Waals surface area (Å²) in [6.07, 6.45) is 4.22. The molecule has 0 fully saturated rings. The van der Waals surface area contributed by atoms with E-state index < -0.39 is 0 Å². The minimum atomic E-state index is -0.0967. The summed E-state index contributed by atoms with van der Waals surface area (Å²) in [5.41, 5.74) is 3.45. The van der Waals surface area contributed by atoms with Gasteiger partial charge in [-0.3, -0.25) is 9.78 Å². The van der Waals surface area contributed by atoms with Crippen molar-refractivity contribution < 1.29 is 9.53 Å². The molecule has 0 spiro atoms. The monoisotopic (exact) mass is 386 g/mol. The van der Waals surface area contributed by atoms with Gasteiger partial charge in [-0.2, -0.15) is 5.10 Å². The van der Waals surface area contributed by atoms with Gasteiger partial charge >= 0.3 is 0 Å². The first-order chi connectivity index (χ1) is 14.2. The molecule has 0 aliphatic heterocycles. The molecule has 4 rings (SSSR count). The van der Waals surface area contributed by atoms with Crippen molar-refractivity contribution in [3.05, 3.63) is 84.3 Å². The standard InChI is InChI=1S/C23H22N4O2/c1-17-12-15-26-27(17)20-10-8-19(9-11-20)23(28)25-14-4-16-29-21-7-2-5-18-6-3-13-24-22(18)21/h2-3,5-13,15H,4,14,16H2,1H3,(H,25,28). The van der Waals surface area contributed by atoms with Gasteiger partial charge in [0.1, 0.15) is 11.3 Å². The zero-order valence-electron chi connectivity index (χ0n) is 16.2. The number of nitrogens with zero attached hydrogens (tertiary/aromatic N) is 3. The lowest BCUT2D eigenvalue weighted by atomic mass is 10.2. The van der Waals surface area contributed by atoms with Gasteiger partial charge in [-0.15, -0.1) is 0 Å². The summed E-state index contributed by atoms with van der Waals surface area (Å²) in [7, 11) is 0. The van der Waals surface area contributed by atoms with Crippen LogP contribution >= 0.6 is 0 Å². The summed E-state index contributed by atoms with van der Waals surface area (Å²) in [5.74, 6) is 0.666. The number of pyridine rings is 1. The van der Waals surface area contributed by atoms with Gasteiger partial charge in [-0.1, -0.05) is 18.2 Å². The molecule has 0 radical (unpaired) electrons. The van der Waals surface area contributed by atoms with Crippen molar-refractivity contribution in [2.45, 2.75) is 13.3 Å². The highest BCUT2D eigenvalue weighted by atomic mass is 16.5. The van der Waals surface area contributed by atoms with E-state index in [1.807, 2.05) is 72.3 Å². The first-order valence-electron chi connectivity index (χ1n) is 9.58. The molecule has 0 aliphatic rings. The second-order valence-corrected chi connectivity index (χ2v) is 6.72. The molecule has 0 aliphatic carbocycles. The smallest absolute Gasteiger partial charge is 0.251 e. The molecule has 4 aromatic rings. The predicted octanol–water partition coefficient (Wildman–Crippen LogP) is 3.93. The Kier molecular flexibility index (Phi) is 5.52. The van der Waals surface area contributed by atoms with Gasteiger partial charge in [0.2, 0.25) is 0 Å². The number of rotatable bonds is 7. The number of hydrogen-bond acceptors (Lipinski definition) is 4. The number of amides is 1. The Hall–Kier alpha value is -3.67. The molecule has 0 saturated carbocycles. The van der Waals surface area contributed by atoms with Crippen LogP contribution in [0.1, 0.15) is 22.5 Å². The fraction of sp³-hybridized carbons (Fsp3) is 0.174. The van der Waals surface area contributed by atoms with E-state index in [2.05, 4.69) is 15.4 Å². The Morgan fingerprint density at radius 3 is 2.66 bits per heavy atom. The third-order valence-corrected chi connectivity index (χ3v) is 4.67. The third-order valence-electron chi connectivity index (χ3n) is 4.67. The Bertz CT molecular complexity index is 1110. The summed E-state index contributed by atoms with van der Waals surface area (Å²) < 4.78 is 7.69. The molecule has 2 aromatic carbocycles. The molecule has 6 nitrogen and oxygen atoms in total. The summed E-state index contributed by atoms with van der Waals surface area (Å²) in [6.45, 7) is 3.04. The topological polar surface area (TPSA) is 69.0 Å². The number of hydrogen-bond donors (Lipinski definition) is 1. The number of carbonyl (C=O) groups excluding carboxylic acids is 1. The molecule has 2 heterocycles. The van der Waals surface area contributed by atoms with Gasteiger partial charge in [-0.05, 0) is 55.8 Å². The zero-order valence-corrected chi connectivity index (χ0v) is 16.2. The predicted molar refractivity (Wildman–Crippen MR) is 112 cm³/mol. The SMILES string of the molecule is Cc1ccnn1-c1ccc(C(=O)NCCCOc2cccc3cccnc23)cc1. The number of carbonyl (C=O) groups is 1.